The first-order chi connectivity index (χ1) is 8.78. The van der Waals surface area contributed by atoms with E-state index in [4.69, 9.17) is 16.3 Å². The lowest BCUT2D eigenvalue weighted by atomic mass is 10.1. The lowest BCUT2D eigenvalue weighted by Gasteiger charge is -2.25. The fourth-order valence-corrected chi connectivity index (χ4v) is 3.91. The molecule has 0 aliphatic carbocycles. The molecule has 2 rings (SSSR count). The van der Waals surface area contributed by atoms with E-state index in [9.17, 15) is 0 Å². The van der Waals surface area contributed by atoms with Crippen LogP contribution in [-0.4, -0.2) is 36.7 Å². The van der Waals surface area contributed by atoms with Crippen LogP contribution < -0.4 is 0 Å². The Morgan fingerprint density at radius 2 is 2.50 bits per heavy atom. The molecule has 1 aromatic heterocycles. The predicted octanol–water partition coefficient (Wildman–Crippen LogP) is 3.30. The highest BCUT2D eigenvalue weighted by molar-refractivity contribution is 7.09. The summed E-state index contributed by atoms with van der Waals surface area (Å²) in [7, 11) is 1.79. The molecule has 1 saturated heterocycles. The number of thiazole rings is 1. The summed E-state index contributed by atoms with van der Waals surface area (Å²) in [5.41, 5.74) is 1.00. The Morgan fingerprint density at radius 1 is 1.67 bits per heavy atom. The van der Waals surface area contributed by atoms with E-state index in [0.29, 0.717) is 17.8 Å². The fourth-order valence-electron chi connectivity index (χ4n) is 2.64. The minimum atomic E-state index is 0.453. The fraction of sp³-hybridized carbons (Fsp3) is 0.769. The van der Waals surface area contributed by atoms with Crippen molar-refractivity contribution in [3.05, 3.63) is 16.1 Å². The standard InChI is InChI=1S/C13H21ClN2OS/c1-3-12(13-15-11(6-14)9-18-13)16-5-4-10(7-16)8-17-2/h9-10,12H,3-8H2,1-2H3. The Morgan fingerprint density at radius 3 is 3.11 bits per heavy atom. The minimum Gasteiger partial charge on any atom is -0.384 e. The molecule has 18 heavy (non-hydrogen) atoms. The van der Waals surface area contributed by atoms with Crippen LogP contribution in [0.4, 0.5) is 0 Å². The zero-order valence-electron chi connectivity index (χ0n) is 11.1. The van der Waals surface area contributed by atoms with Crippen LogP contribution in [0, 0.1) is 5.92 Å². The van der Waals surface area contributed by atoms with Gasteiger partial charge >= 0.3 is 0 Å². The Kier molecular flexibility index (Phi) is 5.42. The molecule has 0 amide bonds. The lowest BCUT2D eigenvalue weighted by Crippen LogP contribution is -2.26. The quantitative estimate of drug-likeness (QED) is 0.751. The van der Waals surface area contributed by atoms with Gasteiger partial charge in [-0.3, -0.25) is 4.90 Å². The smallest absolute Gasteiger partial charge is 0.110 e. The van der Waals surface area contributed by atoms with E-state index in [1.54, 1.807) is 18.4 Å². The van der Waals surface area contributed by atoms with Gasteiger partial charge in [-0.05, 0) is 25.3 Å². The SMILES string of the molecule is CCC(c1nc(CCl)cs1)N1CCC(COC)C1. The van der Waals surface area contributed by atoms with Gasteiger partial charge in [-0.15, -0.1) is 22.9 Å². The average Bonchev–Trinajstić information content (AvgIpc) is 3.01. The maximum absolute atomic E-state index is 5.83. The van der Waals surface area contributed by atoms with Crippen LogP contribution in [-0.2, 0) is 10.6 Å². The molecule has 0 radical (unpaired) electrons. The van der Waals surface area contributed by atoms with Crippen molar-refractivity contribution in [3.63, 3.8) is 0 Å². The first-order valence-corrected chi connectivity index (χ1v) is 7.93. The summed E-state index contributed by atoms with van der Waals surface area (Å²) in [6.07, 6.45) is 2.34. The molecule has 102 valence electrons. The molecule has 1 aliphatic heterocycles. The molecular formula is C13H21ClN2OS. The maximum Gasteiger partial charge on any atom is 0.110 e. The van der Waals surface area contributed by atoms with Crippen LogP contribution in [0.25, 0.3) is 0 Å². The zero-order chi connectivity index (χ0) is 13.0. The van der Waals surface area contributed by atoms with Gasteiger partial charge in [0.1, 0.15) is 5.01 Å². The van der Waals surface area contributed by atoms with E-state index in [0.717, 1.165) is 31.8 Å². The highest BCUT2D eigenvalue weighted by Gasteiger charge is 2.29. The van der Waals surface area contributed by atoms with Crippen molar-refractivity contribution in [1.29, 1.82) is 0 Å². The second kappa shape index (κ2) is 6.85. The summed E-state index contributed by atoms with van der Waals surface area (Å²) in [6, 6.07) is 0.453. The Bertz CT molecular complexity index is 372. The molecule has 0 aromatic carbocycles. The summed E-state index contributed by atoms with van der Waals surface area (Å²) >= 11 is 7.57. The second-order valence-corrected chi connectivity index (χ2v) is 6.00. The van der Waals surface area contributed by atoms with E-state index in [1.165, 1.54) is 11.4 Å². The minimum absolute atomic E-state index is 0.453. The molecule has 0 bridgehead atoms. The van der Waals surface area contributed by atoms with Gasteiger partial charge in [-0.1, -0.05) is 6.92 Å². The Labute approximate surface area is 118 Å². The first kappa shape index (κ1) is 14.3. The molecule has 5 heteroatoms. The second-order valence-electron chi connectivity index (χ2n) is 4.84. The van der Waals surface area contributed by atoms with Gasteiger partial charge in [0.15, 0.2) is 0 Å². The van der Waals surface area contributed by atoms with Crippen LogP contribution in [0.2, 0.25) is 0 Å². The molecule has 2 atom stereocenters. The van der Waals surface area contributed by atoms with Crippen molar-refractivity contribution in [2.45, 2.75) is 31.7 Å². The van der Waals surface area contributed by atoms with Gasteiger partial charge in [0.25, 0.3) is 0 Å². The number of likely N-dealkylation sites (tertiary alicyclic amines) is 1. The number of alkyl halides is 1. The van der Waals surface area contributed by atoms with Crippen LogP contribution in [0.1, 0.15) is 36.5 Å². The molecule has 0 saturated carbocycles. The van der Waals surface area contributed by atoms with Crippen LogP contribution in [0.5, 0.6) is 0 Å². The number of ether oxygens (including phenoxy) is 1. The average molecular weight is 289 g/mol. The van der Waals surface area contributed by atoms with Crippen molar-refractivity contribution in [1.82, 2.24) is 9.88 Å². The van der Waals surface area contributed by atoms with Crippen molar-refractivity contribution < 1.29 is 4.74 Å². The van der Waals surface area contributed by atoms with Crippen molar-refractivity contribution in [2.75, 3.05) is 26.8 Å². The maximum atomic E-state index is 5.83. The normalized spacial score (nSPS) is 22.5. The highest BCUT2D eigenvalue weighted by atomic mass is 35.5. The predicted molar refractivity (Wildman–Crippen MR) is 76.3 cm³/mol. The van der Waals surface area contributed by atoms with Crippen LogP contribution in [0.3, 0.4) is 0 Å². The topological polar surface area (TPSA) is 25.4 Å². The Hall–Kier alpha value is -0.160. The molecule has 1 fully saturated rings. The summed E-state index contributed by atoms with van der Waals surface area (Å²) < 4.78 is 5.26. The molecule has 1 aromatic rings. The highest BCUT2D eigenvalue weighted by Crippen LogP contribution is 2.32. The molecule has 2 heterocycles. The molecule has 1 aliphatic rings. The van der Waals surface area contributed by atoms with Gasteiger partial charge in [0.2, 0.25) is 0 Å². The molecule has 2 unspecified atom stereocenters. The third-order valence-corrected chi connectivity index (χ3v) is 4.81. The van der Waals surface area contributed by atoms with E-state index < -0.39 is 0 Å². The largest absolute Gasteiger partial charge is 0.384 e. The Balaban J connectivity index is 2.01. The third-order valence-electron chi connectivity index (χ3n) is 3.54. The van der Waals surface area contributed by atoms with Gasteiger partial charge in [0, 0.05) is 19.0 Å². The van der Waals surface area contributed by atoms with Gasteiger partial charge in [0.05, 0.1) is 24.2 Å². The third kappa shape index (κ3) is 3.23. The lowest BCUT2D eigenvalue weighted by molar-refractivity contribution is 0.146. The number of halogens is 1. The van der Waals surface area contributed by atoms with E-state index in [2.05, 4.69) is 22.2 Å². The van der Waals surface area contributed by atoms with Crippen LogP contribution >= 0.6 is 22.9 Å². The zero-order valence-corrected chi connectivity index (χ0v) is 12.6. The van der Waals surface area contributed by atoms with Gasteiger partial charge in [-0.25, -0.2) is 4.98 Å². The number of aromatic nitrogens is 1. The number of hydrogen-bond acceptors (Lipinski definition) is 4. The van der Waals surface area contributed by atoms with E-state index >= 15 is 0 Å². The summed E-state index contributed by atoms with van der Waals surface area (Å²) in [6.45, 7) is 5.39. The van der Waals surface area contributed by atoms with Crippen LogP contribution in [0.15, 0.2) is 5.38 Å². The number of nitrogens with zero attached hydrogens (tertiary/aromatic N) is 2. The van der Waals surface area contributed by atoms with Crippen molar-refractivity contribution in [2.24, 2.45) is 5.92 Å². The monoisotopic (exact) mass is 288 g/mol. The van der Waals surface area contributed by atoms with Crippen molar-refractivity contribution >= 4 is 22.9 Å². The van der Waals surface area contributed by atoms with Crippen molar-refractivity contribution in [3.8, 4) is 0 Å². The number of rotatable bonds is 6. The summed E-state index contributed by atoms with van der Waals surface area (Å²) in [5, 5.41) is 3.29. The van der Waals surface area contributed by atoms with E-state index in [-0.39, 0.29) is 0 Å². The summed E-state index contributed by atoms with van der Waals surface area (Å²) in [4.78, 5) is 7.17. The molecule has 0 spiro atoms. The molecule has 0 N–H and O–H groups in total. The molecular weight excluding hydrogens is 268 g/mol. The van der Waals surface area contributed by atoms with Gasteiger partial charge < -0.3 is 4.74 Å². The number of hydrogen-bond donors (Lipinski definition) is 0. The first-order valence-electron chi connectivity index (χ1n) is 6.51. The molecule has 3 nitrogen and oxygen atoms in total. The van der Waals surface area contributed by atoms with E-state index in [1.807, 2.05) is 0 Å². The number of methoxy groups -OCH3 is 1. The van der Waals surface area contributed by atoms with Gasteiger partial charge in [-0.2, -0.15) is 0 Å². The summed E-state index contributed by atoms with van der Waals surface area (Å²) in [5.74, 6) is 1.19.